The fourth-order valence-corrected chi connectivity index (χ4v) is 18.6. The summed E-state index contributed by atoms with van der Waals surface area (Å²) in [6.07, 6.45) is 0. The minimum absolute atomic E-state index is 0.652. The number of para-hydroxylation sites is 1. The van der Waals surface area contributed by atoms with E-state index in [1.165, 1.54) is 166 Å². The Hall–Kier alpha value is -11.8. The predicted octanol–water partition coefficient (Wildman–Crippen LogP) is 23.5. The second-order valence-corrected chi connectivity index (χ2v) is 25.8. The summed E-state index contributed by atoms with van der Waals surface area (Å²) in [6, 6.07) is 115. The maximum Gasteiger partial charge on any atom is 0.135 e. The molecule has 2 spiro atoms. The first kappa shape index (κ1) is 49.1. The fourth-order valence-electron chi connectivity index (χ4n) is 18.6. The number of fused-ring (bicyclic) bond motifs is 28. The average molecular weight is 1160 g/mol. The van der Waals surface area contributed by atoms with Gasteiger partial charge in [-0.2, -0.15) is 0 Å². The van der Waals surface area contributed by atoms with Crippen molar-refractivity contribution in [3.63, 3.8) is 0 Å². The van der Waals surface area contributed by atoms with Crippen molar-refractivity contribution < 1.29 is 9.47 Å². The molecular weight excluding hydrogens is 1110 g/mol. The Balaban J connectivity index is 0.793. The molecule has 16 aromatic rings. The topological polar surface area (TPSA) is 18.5 Å². The standard InChI is InChI=1S/C90H50O2/c1-6-37-74-59(22-1)67-33-14-27-54(53-49-52-21-13-43-80-83(52)73(50-53)63-26-5-10-41-78(63)91-80)85(67)89(74)76-39-8-3-24-61(76)70-47-45-57-55(28-15-31-65(57)86(70)89)56-29-16-32-66-58(56)46-48-71-62-25-4-9-40-77(62)90(87(66)71)75-38-7-2-23-60(75)68-34-17-35-69(88(68)90)64-30-18-44-81-84(64)72-36-11-19-51-20-12-42-79(92-81)82(51)72/h1-50H. The van der Waals surface area contributed by atoms with Gasteiger partial charge in [0.25, 0.3) is 0 Å². The Labute approximate surface area is 531 Å². The van der Waals surface area contributed by atoms with Crippen LogP contribution in [0.5, 0.6) is 23.0 Å². The van der Waals surface area contributed by atoms with E-state index < -0.39 is 10.8 Å². The molecule has 422 valence electrons. The van der Waals surface area contributed by atoms with Crippen LogP contribution >= 0.6 is 0 Å². The van der Waals surface area contributed by atoms with Gasteiger partial charge in [-0.25, -0.2) is 0 Å². The van der Waals surface area contributed by atoms with Gasteiger partial charge in [0.2, 0.25) is 0 Å². The third-order valence-corrected chi connectivity index (χ3v) is 21.8. The van der Waals surface area contributed by atoms with Crippen molar-refractivity contribution in [2.24, 2.45) is 0 Å². The molecule has 2 atom stereocenters. The first-order valence-corrected chi connectivity index (χ1v) is 32.1. The average Bonchev–Trinajstić information content (AvgIpc) is 1.50. The van der Waals surface area contributed by atoms with Crippen molar-refractivity contribution in [1.82, 2.24) is 0 Å². The molecule has 0 radical (unpaired) electrons. The third-order valence-electron chi connectivity index (χ3n) is 21.8. The van der Waals surface area contributed by atoms with Gasteiger partial charge in [0, 0.05) is 21.9 Å². The lowest BCUT2D eigenvalue weighted by Gasteiger charge is -2.34. The molecule has 2 nitrogen and oxygen atoms in total. The molecule has 0 bridgehead atoms. The van der Waals surface area contributed by atoms with E-state index in [4.69, 9.17) is 9.47 Å². The molecule has 6 aliphatic rings. The van der Waals surface area contributed by atoms with Crippen LogP contribution in [0.1, 0.15) is 44.5 Å². The van der Waals surface area contributed by atoms with Gasteiger partial charge in [-0.05, 0) is 202 Å². The highest BCUT2D eigenvalue weighted by atomic mass is 16.5. The van der Waals surface area contributed by atoms with E-state index in [9.17, 15) is 0 Å². The summed E-state index contributed by atoms with van der Waals surface area (Å²) in [5, 5.41) is 9.64. The maximum atomic E-state index is 6.92. The molecular formula is C90H50O2. The molecule has 0 amide bonds. The van der Waals surface area contributed by atoms with E-state index in [0.29, 0.717) is 0 Å². The molecule has 2 unspecified atom stereocenters. The van der Waals surface area contributed by atoms with Crippen molar-refractivity contribution in [2.45, 2.75) is 10.8 Å². The largest absolute Gasteiger partial charge is 0.456 e. The Kier molecular flexibility index (Phi) is 9.35. The second kappa shape index (κ2) is 17.5. The molecule has 0 saturated carbocycles. The minimum atomic E-state index is -0.671. The minimum Gasteiger partial charge on any atom is -0.456 e. The molecule has 0 N–H and O–H groups in total. The molecule has 2 heterocycles. The highest BCUT2D eigenvalue weighted by molar-refractivity contribution is 6.16. The van der Waals surface area contributed by atoms with Gasteiger partial charge < -0.3 is 9.47 Å². The number of ether oxygens (including phenoxy) is 2. The summed E-state index contributed by atoms with van der Waals surface area (Å²) in [5.41, 5.74) is 31.4. The monoisotopic (exact) mass is 1160 g/mol. The molecule has 0 aromatic heterocycles. The summed E-state index contributed by atoms with van der Waals surface area (Å²) in [7, 11) is 0. The summed E-state index contributed by atoms with van der Waals surface area (Å²) in [6.45, 7) is 0. The zero-order chi connectivity index (χ0) is 59.7. The van der Waals surface area contributed by atoms with Crippen LogP contribution in [-0.2, 0) is 10.8 Å². The van der Waals surface area contributed by atoms with Gasteiger partial charge in [-0.1, -0.05) is 267 Å². The lowest BCUT2D eigenvalue weighted by atomic mass is 9.67. The van der Waals surface area contributed by atoms with Crippen molar-refractivity contribution in [3.8, 4) is 123 Å². The van der Waals surface area contributed by atoms with Gasteiger partial charge in [0.15, 0.2) is 0 Å². The number of hydrogen-bond acceptors (Lipinski definition) is 2. The lowest BCUT2D eigenvalue weighted by molar-refractivity contribution is 0.487. The molecule has 4 aliphatic carbocycles. The third kappa shape index (κ3) is 5.89. The van der Waals surface area contributed by atoms with Crippen LogP contribution in [0.25, 0.3) is 143 Å². The molecule has 16 aromatic carbocycles. The van der Waals surface area contributed by atoms with Crippen LogP contribution in [0.3, 0.4) is 0 Å². The fraction of sp³-hybridized carbons (Fsp3) is 0.0222. The maximum absolute atomic E-state index is 6.92. The SMILES string of the molecule is c1ccc2c(c1)Oc1cccc3cc(-c4cccc5c4C4(c6ccccc6-5)c5ccccc5-c5ccc6c(-c7cccc8c9c(ccc78)-c7ccccc7C97c8ccccc8-c8cccc(-c9cccc%10c9-c9cccc%11cccc(c9%11)O%10)c87)cccc6c54)cc-2c13. The molecule has 92 heavy (non-hydrogen) atoms. The molecule has 0 fully saturated rings. The molecule has 22 rings (SSSR count). The first-order chi connectivity index (χ1) is 45.7. The Bertz CT molecular complexity index is 6070. The van der Waals surface area contributed by atoms with Crippen LogP contribution in [0.15, 0.2) is 303 Å². The quantitative estimate of drug-likeness (QED) is 0.176. The highest BCUT2D eigenvalue weighted by Crippen LogP contribution is 2.69. The van der Waals surface area contributed by atoms with Crippen LogP contribution < -0.4 is 9.47 Å². The van der Waals surface area contributed by atoms with Crippen LogP contribution in [0, 0.1) is 0 Å². The van der Waals surface area contributed by atoms with E-state index in [1.54, 1.807) is 0 Å². The Morgan fingerprint density at radius 2 is 0.565 bits per heavy atom. The van der Waals surface area contributed by atoms with Crippen molar-refractivity contribution in [2.75, 3.05) is 0 Å². The van der Waals surface area contributed by atoms with Gasteiger partial charge in [0.05, 0.1) is 10.8 Å². The normalized spacial score (nSPS) is 16.3. The number of hydrogen-bond donors (Lipinski definition) is 0. The molecule has 2 heteroatoms. The Morgan fingerprint density at radius 1 is 0.196 bits per heavy atom. The summed E-state index contributed by atoms with van der Waals surface area (Å²) in [4.78, 5) is 0. The van der Waals surface area contributed by atoms with E-state index in [0.717, 1.165) is 44.9 Å². The first-order valence-electron chi connectivity index (χ1n) is 32.1. The van der Waals surface area contributed by atoms with Gasteiger partial charge in [-0.3, -0.25) is 0 Å². The summed E-state index contributed by atoms with van der Waals surface area (Å²) < 4.78 is 13.5. The van der Waals surface area contributed by atoms with Gasteiger partial charge in [-0.15, -0.1) is 0 Å². The smallest absolute Gasteiger partial charge is 0.135 e. The van der Waals surface area contributed by atoms with E-state index in [1.807, 2.05) is 0 Å². The van der Waals surface area contributed by atoms with Crippen LogP contribution in [-0.4, -0.2) is 0 Å². The summed E-state index contributed by atoms with van der Waals surface area (Å²) >= 11 is 0. The zero-order valence-corrected chi connectivity index (χ0v) is 49.7. The number of benzene rings is 16. The van der Waals surface area contributed by atoms with Crippen LogP contribution in [0.4, 0.5) is 0 Å². The van der Waals surface area contributed by atoms with E-state index in [2.05, 4.69) is 303 Å². The van der Waals surface area contributed by atoms with E-state index in [-0.39, 0.29) is 0 Å². The zero-order valence-electron chi connectivity index (χ0n) is 49.7. The molecule has 2 aliphatic heterocycles. The predicted molar refractivity (Wildman–Crippen MR) is 376 cm³/mol. The van der Waals surface area contributed by atoms with Gasteiger partial charge >= 0.3 is 0 Å². The van der Waals surface area contributed by atoms with Crippen LogP contribution in [0.2, 0.25) is 0 Å². The van der Waals surface area contributed by atoms with Crippen molar-refractivity contribution in [3.05, 3.63) is 348 Å². The van der Waals surface area contributed by atoms with E-state index >= 15 is 0 Å². The second-order valence-electron chi connectivity index (χ2n) is 25.8. The highest BCUT2D eigenvalue weighted by Gasteiger charge is 2.56. The lowest BCUT2D eigenvalue weighted by Crippen LogP contribution is -2.27. The Morgan fingerprint density at radius 3 is 1.15 bits per heavy atom. The summed E-state index contributed by atoms with van der Waals surface area (Å²) in [5.74, 6) is 3.57. The van der Waals surface area contributed by atoms with Crippen molar-refractivity contribution in [1.29, 1.82) is 0 Å². The molecule has 0 saturated heterocycles. The van der Waals surface area contributed by atoms with Gasteiger partial charge in [0.1, 0.15) is 23.0 Å². The number of rotatable bonds is 3. The van der Waals surface area contributed by atoms with Crippen molar-refractivity contribution >= 4 is 43.1 Å².